The van der Waals surface area contributed by atoms with Crippen LogP contribution in [0.25, 0.3) is 0 Å². The Balaban J connectivity index is 0.879. The van der Waals surface area contributed by atoms with Crippen LogP contribution in [0.4, 0.5) is 11.4 Å². The summed E-state index contributed by atoms with van der Waals surface area (Å²) in [5.74, 6) is -0.438. The van der Waals surface area contributed by atoms with E-state index in [1.165, 1.54) is 0 Å². The molecule has 220 valence electrons. The molecule has 4 amide bonds. The second-order valence-corrected chi connectivity index (χ2v) is 11.2. The van der Waals surface area contributed by atoms with E-state index in [-0.39, 0.29) is 35.7 Å². The van der Waals surface area contributed by atoms with Crippen LogP contribution in [0.15, 0.2) is 81.8 Å². The number of nitrogens with one attached hydrogen (secondary N) is 2. The van der Waals surface area contributed by atoms with Gasteiger partial charge in [-0.2, -0.15) is 0 Å². The molecular weight excluding hydrogens is 544 g/mol. The highest BCUT2D eigenvalue weighted by molar-refractivity contribution is 6.04. The minimum absolute atomic E-state index is 0.0599. The molecule has 0 saturated carbocycles. The number of hydrogen-bond acceptors (Lipinski definition) is 6. The van der Waals surface area contributed by atoms with Crippen LogP contribution < -0.4 is 10.6 Å². The molecule has 4 aliphatic rings. The second kappa shape index (κ2) is 12.6. The summed E-state index contributed by atoms with van der Waals surface area (Å²) < 4.78 is 0. The van der Waals surface area contributed by atoms with E-state index in [0.717, 1.165) is 30.4 Å². The zero-order valence-electron chi connectivity index (χ0n) is 23.9. The Morgan fingerprint density at radius 1 is 0.698 bits per heavy atom. The maximum Gasteiger partial charge on any atom is 0.256 e. The third-order valence-electron chi connectivity index (χ3n) is 8.17. The molecule has 10 nitrogen and oxygen atoms in total. The first-order valence-corrected chi connectivity index (χ1v) is 14.8. The number of para-hydroxylation sites is 2. The van der Waals surface area contributed by atoms with Gasteiger partial charge in [0.25, 0.3) is 11.8 Å². The predicted octanol–water partition coefficient (Wildman–Crippen LogP) is 3.50. The van der Waals surface area contributed by atoms with E-state index in [9.17, 15) is 19.2 Å². The van der Waals surface area contributed by atoms with Gasteiger partial charge in [0.15, 0.2) is 0 Å². The molecule has 6 rings (SSSR count). The van der Waals surface area contributed by atoms with Gasteiger partial charge in [-0.3, -0.25) is 29.2 Å². The lowest BCUT2D eigenvalue weighted by atomic mass is 10.1. The van der Waals surface area contributed by atoms with Gasteiger partial charge >= 0.3 is 0 Å². The number of unbranched alkanes of at least 4 members (excludes halogenated alkanes) is 2. The molecule has 4 aliphatic heterocycles. The van der Waals surface area contributed by atoms with Crippen molar-refractivity contribution in [2.45, 2.75) is 44.2 Å². The average molecular weight is 579 g/mol. The average Bonchev–Trinajstić information content (AvgIpc) is 3.54. The van der Waals surface area contributed by atoms with Crippen LogP contribution in [-0.2, 0) is 9.59 Å². The Bertz CT molecular complexity index is 1460. The van der Waals surface area contributed by atoms with Gasteiger partial charge in [0.05, 0.1) is 34.6 Å². The molecule has 0 aliphatic carbocycles. The summed E-state index contributed by atoms with van der Waals surface area (Å²) >= 11 is 0. The quantitative estimate of drug-likeness (QED) is 0.368. The zero-order chi connectivity index (χ0) is 29.8. The van der Waals surface area contributed by atoms with Crippen LogP contribution in [0.3, 0.4) is 0 Å². The smallest absolute Gasteiger partial charge is 0.256 e. The van der Waals surface area contributed by atoms with Gasteiger partial charge < -0.3 is 20.4 Å². The molecule has 0 unspecified atom stereocenters. The Morgan fingerprint density at radius 3 is 1.60 bits per heavy atom. The number of aliphatic imine (C=N–C) groups is 2. The van der Waals surface area contributed by atoms with Gasteiger partial charge in [-0.15, -0.1) is 0 Å². The van der Waals surface area contributed by atoms with Crippen molar-refractivity contribution in [2.75, 3.05) is 26.2 Å². The summed E-state index contributed by atoms with van der Waals surface area (Å²) in [6.45, 7) is 1.92. The Labute approximate surface area is 250 Å². The first-order chi connectivity index (χ1) is 21.0. The highest BCUT2D eigenvalue weighted by Crippen LogP contribution is 2.31. The monoisotopic (exact) mass is 578 g/mol. The molecule has 2 fully saturated rings. The lowest BCUT2D eigenvalue weighted by Crippen LogP contribution is -2.35. The Hall–Kier alpha value is -4.86. The van der Waals surface area contributed by atoms with Gasteiger partial charge in [0, 0.05) is 50.8 Å². The minimum atomic E-state index is -0.159. The largest absolute Gasteiger partial charge is 0.353 e. The van der Waals surface area contributed by atoms with Gasteiger partial charge in [-0.25, -0.2) is 0 Å². The fourth-order valence-electron chi connectivity index (χ4n) is 5.98. The third kappa shape index (κ3) is 6.33. The molecule has 0 spiro atoms. The first-order valence-electron chi connectivity index (χ1n) is 14.8. The zero-order valence-corrected chi connectivity index (χ0v) is 23.9. The maximum absolute atomic E-state index is 13.0. The lowest BCUT2D eigenvalue weighted by molar-refractivity contribution is -0.117. The fraction of sp³-hybridized carbons (Fsp3) is 0.333. The molecule has 0 radical (unpaired) electrons. The number of carbonyl (C=O) groups is 4. The van der Waals surface area contributed by atoms with Gasteiger partial charge in [-0.05, 0) is 67.5 Å². The number of nitrogens with zero attached hydrogens (tertiary/aromatic N) is 4. The molecule has 2 aromatic carbocycles. The predicted molar refractivity (Wildman–Crippen MR) is 164 cm³/mol. The van der Waals surface area contributed by atoms with Crippen molar-refractivity contribution in [3.05, 3.63) is 83.0 Å². The van der Waals surface area contributed by atoms with Crippen molar-refractivity contribution in [3.8, 4) is 0 Å². The van der Waals surface area contributed by atoms with Crippen molar-refractivity contribution in [1.29, 1.82) is 0 Å². The lowest BCUT2D eigenvalue weighted by Gasteiger charge is -2.19. The highest BCUT2D eigenvalue weighted by atomic mass is 16.2. The number of benzene rings is 2. The van der Waals surface area contributed by atoms with E-state index in [1.54, 1.807) is 46.5 Å². The maximum atomic E-state index is 13.0. The van der Waals surface area contributed by atoms with Crippen molar-refractivity contribution in [2.24, 2.45) is 9.98 Å². The normalized spacial score (nSPS) is 22.1. The summed E-state index contributed by atoms with van der Waals surface area (Å²) in [6, 6.07) is 14.4. The Kier molecular flexibility index (Phi) is 8.26. The van der Waals surface area contributed by atoms with E-state index in [2.05, 4.69) is 20.6 Å². The number of fused-ring (bicyclic) bond motifs is 4. The number of rotatable bonds is 8. The summed E-state index contributed by atoms with van der Waals surface area (Å²) in [6.07, 6.45) is 10.4. The topological polar surface area (TPSA) is 124 Å². The molecule has 43 heavy (non-hydrogen) atoms. The number of amides is 4. The molecule has 2 atom stereocenters. The summed E-state index contributed by atoms with van der Waals surface area (Å²) in [5.41, 5.74) is 4.36. The van der Waals surface area contributed by atoms with Crippen molar-refractivity contribution >= 4 is 47.4 Å². The molecule has 0 bridgehead atoms. The minimum Gasteiger partial charge on any atom is -0.353 e. The van der Waals surface area contributed by atoms with Crippen LogP contribution in [0.1, 0.15) is 52.8 Å². The number of carbonyl (C=O) groups excluding carboxylic acids is 4. The van der Waals surface area contributed by atoms with Crippen LogP contribution in [0, 0.1) is 0 Å². The number of hydrogen-bond donors (Lipinski definition) is 2. The van der Waals surface area contributed by atoms with Crippen LogP contribution >= 0.6 is 0 Å². The van der Waals surface area contributed by atoms with Gasteiger partial charge in [0.2, 0.25) is 11.8 Å². The standard InChI is InChI=1S/C33H34N6O4/c40-30(16-22-14-24-18-36-28-10-4-2-8-26(28)32(42)38(24)20-22)34-12-6-1-7-13-35-31(41)17-23-15-25-19-37-29-11-5-3-9-27(29)33(43)39(25)21-23/h2-5,8-11,16-19,24-25H,1,6-7,12-15,20-21H2,(H,34,40)(H,35,41)/b22-16+,23-17+/t24-,25-/m0/s1. The van der Waals surface area contributed by atoms with Crippen LogP contribution in [0.2, 0.25) is 0 Å². The van der Waals surface area contributed by atoms with Crippen molar-refractivity contribution < 1.29 is 19.2 Å². The van der Waals surface area contributed by atoms with Gasteiger partial charge in [-0.1, -0.05) is 24.3 Å². The highest BCUT2D eigenvalue weighted by Gasteiger charge is 2.35. The van der Waals surface area contributed by atoms with Crippen molar-refractivity contribution in [3.63, 3.8) is 0 Å². The Morgan fingerprint density at radius 2 is 1.14 bits per heavy atom. The van der Waals surface area contributed by atoms with E-state index in [1.807, 2.05) is 36.4 Å². The molecular formula is C33H34N6O4. The second-order valence-electron chi connectivity index (χ2n) is 11.2. The summed E-state index contributed by atoms with van der Waals surface area (Å²) in [4.78, 5) is 63.3. The summed E-state index contributed by atoms with van der Waals surface area (Å²) in [5, 5.41) is 5.85. The molecule has 2 N–H and O–H groups in total. The fourth-order valence-corrected chi connectivity index (χ4v) is 5.98. The molecule has 2 aromatic rings. The summed E-state index contributed by atoms with van der Waals surface area (Å²) in [7, 11) is 0. The third-order valence-corrected chi connectivity index (χ3v) is 8.17. The van der Waals surface area contributed by atoms with Crippen LogP contribution in [-0.4, -0.2) is 84.1 Å². The molecule has 10 heteroatoms. The van der Waals surface area contributed by atoms with E-state index < -0.39 is 0 Å². The van der Waals surface area contributed by atoms with Crippen LogP contribution in [0.5, 0.6) is 0 Å². The first kappa shape index (κ1) is 28.3. The van der Waals surface area contributed by atoms with Gasteiger partial charge in [0.1, 0.15) is 0 Å². The van der Waals surface area contributed by atoms with E-state index >= 15 is 0 Å². The molecule has 4 heterocycles. The molecule has 0 aromatic heterocycles. The van der Waals surface area contributed by atoms with Crippen molar-refractivity contribution in [1.82, 2.24) is 20.4 Å². The SMILES string of the molecule is O=C(/C=C1\C[C@H]2C=Nc3ccccc3C(=O)N2C1)NCCCCCNC(=O)/C=C1\C[C@H]2C=Nc3ccccc3C(=O)N2C1. The molecule has 2 saturated heterocycles. The van der Waals surface area contributed by atoms with E-state index in [4.69, 9.17) is 0 Å². The van der Waals surface area contributed by atoms with E-state index in [0.29, 0.717) is 61.5 Å².